The van der Waals surface area contributed by atoms with Crippen LogP contribution in [0.3, 0.4) is 0 Å². The fraction of sp³-hybridized carbons (Fsp3) is 0.487. The molecule has 2 aromatic carbocycles. The summed E-state index contributed by atoms with van der Waals surface area (Å²) < 4.78 is 18.4. The Morgan fingerprint density at radius 1 is 1.14 bits per heavy atom. The monoisotopic (exact) mass is 721 g/mol. The molecule has 8 atom stereocenters. The zero-order valence-corrected chi connectivity index (χ0v) is 30.2. The average Bonchev–Trinajstić information content (AvgIpc) is 3.76. The molecular weight excluding hydrogens is 674 g/mol. The maximum absolute atomic E-state index is 14.9. The first-order valence-electron chi connectivity index (χ1n) is 17.5. The van der Waals surface area contributed by atoms with Gasteiger partial charge in [-0.1, -0.05) is 80.1 Å². The average molecular weight is 722 g/mol. The second kappa shape index (κ2) is 16.5. The number of hydrogen-bond donors (Lipinski definition) is 2. The van der Waals surface area contributed by atoms with Crippen molar-refractivity contribution in [1.82, 2.24) is 10.2 Å². The van der Waals surface area contributed by atoms with Crippen molar-refractivity contribution in [3.8, 4) is 0 Å². The van der Waals surface area contributed by atoms with Gasteiger partial charge in [-0.3, -0.25) is 19.2 Å². The number of nitrogens with zero attached hydrogens (tertiary/aromatic N) is 2. The van der Waals surface area contributed by atoms with Crippen LogP contribution in [-0.2, 0) is 33.4 Å². The predicted molar refractivity (Wildman–Crippen MR) is 193 cm³/mol. The number of aliphatic hydroxyl groups excluding tert-OH is 1. The quantitative estimate of drug-likeness (QED) is 0.179. The minimum atomic E-state index is -1.36. The van der Waals surface area contributed by atoms with Crippen molar-refractivity contribution >= 4 is 41.0 Å². The number of para-hydroxylation sites is 1. The molecule has 0 unspecified atom stereocenters. The van der Waals surface area contributed by atoms with E-state index in [2.05, 4.69) is 18.5 Å². The van der Waals surface area contributed by atoms with E-state index >= 15 is 0 Å². The first kappa shape index (κ1) is 38.2. The number of rotatable bonds is 17. The largest absolute Gasteiger partial charge is 0.455 e. The molecule has 0 aromatic heterocycles. The lowest BCUT2D eigenvalue weighted by Gasteiger charge is -2.40. The molecule has 0 aliphatic carbocycles. The van der Waals surface area contributed by atoms with Crippen molar-refractivity contribution in [2.75, 3.05) is 31.8 Å². The van der Waals surface area contributed by atoms with E-state index in [0.29, 0.717) is 35.5 Å². The van der Waals surface area contributed by atoms with Gasteiger partial charge in [0, 0.05) is 20.1 Å². The number of esters is 1. The second-order valence-electron chi connectivity index (χ2n) is 13.7. The summed E-state index contributed by atoms with van der Waals surface area (Å²) in [5.74, 6) is -4.17. The Labute approximate surface area is 304 Å². The summed E-state index contributed by atoms with van der Waals surface area (Å²) in [5, 5.41) is 13.9. The molecule has 0 radical (unpaired) electrons. The Bertz CT molecular complexity index is 1600. The zero-order chi connectivity index (χ0) is 36.9. The first-order valence-corrected chi connectivity index (χ1v) is 17.8. The molecule has 3 heterocycles. The number of hydrogen-bond acceptors (Lipinski definition) is 8. The molecule has 2 bridgehead atoms. The molecule has 3 aliphatic rings. The normalized spacial score (nSPS) is 25.2. The van der Waals surface area contributed by atoms with Crippen molar-refractivity contribution in [1.29, 1.82) is 0 Å². The number of aliphatic hydroxyl groups is 1. The number of fused-ring (bicyclic) bond motifs is 1. The van der Waals surface area contributed by atoms with Crippen molar-refractivity contribution in [2.24, 2.45) is 17.8 Å². The van der Waals surface area contributed by atoms with E-state index < -0.39 is 72.2 Å². The Kier molecular flexibility index (Phi) is 12.4. The standard InChI is InChI=1S/C39H48ClN3O8/c1-6-8-18-31(45)41-27(23-49-5)34(25-14-10-9-11-15-25)50-38(48)32-30-19-20-39(51-30)33(32)36(46)43(29(22-44)24(3)4)35(39)37(47)42(21-7-2)28-17-13-12-16-26(28)40/h6-7,9-17,24,27,29-30,32-35,44H,1-2,8,18-23H2,3-5H3,(H,41,45)/t27-,29+,30+,32-,33-,34-,35+,39-/m1/s1. The number of benzene rings is 2. The topological polar surface area (TPSA) is 135 Å². The minimum Gasteiger partial charge on any atom is -0.455 e. The fourth-order valence-corrected chi connectivity index (χ4v) is 8.23. The highest BCUT2D eigenvalue weighted by Gasteiger charge is 2.76. The maximum Gasteiger partial charge on any atom is 0.313 e. The van der Waals surface area contributed by atoms with Crippen molar-refractivity contribution in [2.45, 2.75) is 75.5 Å². The highest BCUT2D eigenvalue weighted by Crippen LogP contribution is 2.59. The first-order chi connectivity index (χ1) is 24.5. The molecule has 2 aromatic rings. The van der Waals surface area contributed by atoms with E-state index in [4.69, 9.17) is 25.8 Å². The Hall–Kier alpha value is -4.03. The van der Waals surface area contributed by atoms with Gasteiger partial charge in [0.15, 0.2) is 0 Å². The fourth-order valence-electron chi connectivity index (χ4n) is 8.00. The number of likely N-dealkylation sites (tertiary alicyclic amines) is 1. The summed E-state index contributed by atoms with van der Waals surface area (Å²) >= 11 is 6.59. The van der Waals surface area contributed by atoms with Crippen molar-refractivity contribution < 1.29 is 38.5 Å². The molecule has 0 saturated carbocycles. The van der Waals surface area contributed by atoms with Crippen LogP contribution in [0.15, 0.2) is 79.9 Å². The molecule has 5 rings (SSSR count). The molecule has 3 saturated heterocycles. The lowest BCUT2D eigenvalue weighted by molar-refractivity contribution is -0.163. The van der Waals surface area contributed by atoms with Crippen LogP contribution in [-0.4, -0.2) is 90.4 Å². The lowest BCUT2D eigenvalue weighted by atomic mass is 9.70. The van der Waals surface area contributed by atoms with Gasteiger partial charge in [-0.2, -0.15) is 0 Å². The number of ether oxygens (including phenoxy) is 3. The summed E-state index contributed by atoms with van der Waals surface area (Å²) in [6.45, 7) is 11.0. The molecule has 3 aliphatic heterocycles. The summed E-state index contributed by atoms with van der Waals surface area (Å²) in [6.07, 6.45) is 2.99. The van der Waals surface area contributed by atoms with E-state index in [1.54, 1.807) is 60.7 Å². The highest BCUT2D eigenvalue weighted by molar-refractivity contribution is 6.34. The highest BCUT2D eigenvalue weighted by atomic mass is 35.5. The third-order valence-electron chi connectivity index (χ3n) is 10.3. The van der Waals surface area contributed by atoms with Gasteiger partial charge in [0.2, 0.25) is 11.8 Å². The Balaban J connectivity index is 1.54. The van der Waals surface area contributed by atoms with Crippen LogP contribution in [0.1, 0.15) is 51.2 Å². The Morgan fingerprint density at radius 2 is 1.84 bits per heavy atom. The van der Waals surface area contributed by atoms with Crippen LogP contribution in [0.2, 0.25) is 5.02 Å². The number of allylic oxidation sites excluding steroid dienone is 1. The van der Waals surface area contributed by atoms with E-state index in [-0.39, 0.29) is 31.4 Å². The molecule has 3 fully saturated rings. The molecule has 51 heavy (non-hydrogen) atoms. The summed E-state index contributed by atoms with van der Waals surface area (Å²) in [7, 11) is 1.49. The lowest BCUT2D eigenvalue weighted by Crippen LogP contribution is -2.59. The molecule has 11 nitrogen and oxygen atoms in total. The summed E-state index contributed by atoms with van der Waals surface area (Å²) in [6, 6.07) is 13.3. The maximum atomic E-state index is 14.9. The van der Waals surface area contributed by atoms with Gasteiger partial charge in [-0.05, 0) is 42.9 Å². The number of methoxy groups -OCH3 is 1. The smallest absolute Gasteiger partial charge is 0.313 e. The van der Waals surface area contributed by atoms with Crippen LogP contribution in [0, 0.1) is 17.8 Å². The van der Waals surface area contributed by atoms with E-state index in [1.807, 2.05) is 19.9 Å². The van der Waals surface area contributed by atoms with Gasteiger partial charge >= 0.3 is 5.97 Å². The number of carbonyl (C=O) groups is 4. The van der Waals surface area contributed by atoms with E-state index in [9.17, 15) is 24.3 Å². The van der Waals surface area contributed by atoms with Crippen LogP contribution >= 0.6 is 11.6 Å². The molecule has 2 N–H and O–H groups in total. The second-order valence-corrected chi connectivity index (χ2v) is 14.1. The molecule has 3 amide bonds. The minimum absolute atomic E-state index is 0.0433. The Morgan fingerprint density at radius 3 is 2.47 bits per heavy atom. The van der Waals surface area contributed by atoms with Gasteiger partial charge in [0.1, 0.15) is 17.7 Å². The van der Waals surface area contributed by atoms with Crippen LogP contribution < -0.4 is 10.2 Å². The van der Waals surface area contributed by atoms with Crippen LogP contribution in [0.4, 0.5) is 5.69 Å². The number of anilines is 1. The third kappa shape index (κ3) is 7.35. The predicted octanol–water partition coefficient (Wildman–Crippen LogP) is 4.63. The van der Waals surface area contributed by atoms with E-state index in [1.165, 1.54) is 16.9 Å². The molecular formula is C39H48ClN3O8. The van der Waals surface area contributed by atoms with Gasteiger partial charge in [0.25, 0.3) is 5.91 Å². The van der Waals surface area contributed by atoms with Crippen molar-refractivity contribution in [3.63, 3.8) is 0 Å². The van der Waals surface area contributed by atoms with Gasteiger partial charge in [-0.15, -0.1) is 13.2 Å². The SMILES string of the molecule is C=CCCC(=O)N[C@H](COC)[C@H](OC(=O)[C@@H]1[C@@H]2CC[C@]3(O2)[C@H](C(=O)N(CC=C)c2ccccc2Cl)N([C@@H](CO)C(C)C)C(=O)[C@@H]13)c1ccccc1. The van der Waals surface area contributed by atoms with Gasteiger partial charge in [0.05, 0.1) is 53.9 Å². The molecule has 274 valence electrons. The number of amides is 3. The summed E-state index contributed by atoms with van der Waals surface area (Å²) in [5.41, 5.74) is -0.295. The molecule has 1 spiro atoms. The van der Waals surface area contributed by atoms with Crippen LogP contribution in [0.5, 0.6) is 0 Å². The summed E-state index contributed by atoms with van der Waals surface area (Å²) in [4.78, 5) is 59.9. The number of carbonyl (C=O) groups excluding carboxylic acids is 4. The van der Waals surface area contributed by atoms with Gasteiger partial charge in [-0.25, -0.2) is 0 Å². The molecule has 12 heteroatoms. The zero-order valence-electron chi connectivity index (χ0n) is 29.4. The third-order valence-corrected chi connectivity index (χ3v) is 10.6. The van der Waals surface area contributed by atoms with Gasteiger partial charge < -0.3 is 34.4 Å². The number of halogens is 1. The van der Waals surface area contributed by atoms with E-state index in [0.717, 1.165) is 0 Å². The number of nitrogens with one attached hydrogen (secondary N) is 1. The van der Waals surface area contributed by atoms with Crippen LogP contribution in [0.25, 0.3) is 0 Å². The van der Waals surface area contributed by atoms with Crippen molar-refractivity contribution in [3.05, 3.63) is 90.5 Å².